The SMILES string of the molecule is CN(CC(=O)O)CC1CN(S(=O)(=O)CCc2cccc(Cl)c2)CCO1. The van der Waals surface area contributed by atoms with E-state index in [1.54, 1.807) is 30.1 Å². The Balaban J connectivity index is 1.91. The predicted molar refractivity (Wildman–Crippen MR) is 95.4 cm³/mol. The van der Waals surface area contributed by atoms with Gasteiger partial charge in [0.15, 0.2) is 0 Å². The molecule has 1 fully saturated rings. The summed E-state index contributed by atoms with van der Waals surface area (Å²) in [4.78, 5) is 12.3. The van der Waals surface area contributed by atoms with E-state index >= 15 is 0 Å². The topological polar surface area (TPSA) is 87.2 Å². The van der Waals surface area contributed by atoms with Gasteiger partial charge in [-0.05, 0) is 31.2 Å². The van der Waals surface area contributed by atoms with E-state index in [1.165, 1.54) is 4.31 Å². The number of hydrogen-bond acceptors (Lipinski definition) is 5. The average molecular weight is 391 g/mol. The molecule has 0 radical (unpaired) electrons. The van der Waals surface area contributed by atoms with Gasteiger partial charge in [-0.25, -0.2) is 8.42 Å². The van der Waals surface area contributed by atoms with Crippen LogP contribution in [0.25, 0.3) is 0 Å². The molecular formula is C16H23ClN2O5S. The number of nitrogens with zero attached hydrogens (tertiary/aromatic N) is 2. The minimum Gasteiger partial charge on any atom is -0.480 e. The molecule has 0 amide bonds. The summed E-state index contributed by atoms with van der Waals surface area (Å²) in [6.07, 6.45) is 0.0585. The number of rotatable bonds is 8. The molecule has 0 bridgehead atoms. The van der Waals surface area contributed by atoms with Crippen molar-refractivity contribution in [2.75, 3.05) is 45.6 Å². The molecule has 25 heavy (non-hydrogen) atoms. The lowest BCUT2D eigenvalue weighted by molar-refractivity contribution is -0.138. The highest BCUT2D eigenvalue weighted by Gasteiger charge is 2.30. The summed E-state index contributed by atoms with van der Waals surface area (Å²) >= 11 is 5.92. The maximum atomic E-state index is 12.6. The van der Waals surface area contributed by atoms with Crippen LogP contribution in [0, 0.1) is 0 Å². The first kappa shape index (κ1) is 20.1. The van der Waals surface area contributed by atoms with Crippen molar-refractivity contribution in [3.63, 3.8) is 0 Å². The number of sulfonamides is 1. The number of hydrogen-bond donors (Lipinski definition) is 1. The Labute approximate surface area is 153 Å². The van der Waals surface area contributed by atoms with Crippen LogP contribution >= 0.6 is 11.6 Å². The van der Waals surface area contributed by atoms with Crippen LogP contribution in [0.5, 0.6) is 0 Å². The second-order valence-electron chi connectivity index (χ2n) is 6.14. The molecule has 1 saturated heterocycles. The molecule has 1 aromatic carbocycles. The number of likely N-dealkylation sites (N-methyl/N-ethyl adjacent to an activating group) is 1. The first-order chi connectivity index (χ1) is 11.8. The summed E-state index contributed by atoms with van der Waals surface area (Å²) in [6, 6.07) is 7.16. The number of halogens is 1. The van der Waals surface area contributed by atoms with E-state index in [0.29, 0.717) is 31.1 Å². The molecular weight excluding hydrogens is 368 g/mol. The molecule has 1 aliphatic rings. The third kappa shape index (κ3) is 6.56. The Bertz CT molecular complexity index is 698. The number of benzene rings is 1. The Morgan fingerprint density at radius 1 is 1.48 bits per heavy atom. The maximum absolute atomic E-state index is 12.6. The van der Waals surface area contributed by atoms with Crippen molar-refractivity contribution >= 4 is 27.6 Å². The highest BCUT2D eigenvalue weighted by molar-refractivity contribution is 7.89. The van der Waals surface area contributed by atoms with Crippen LogP contribution in [0.1, 0.15) is 5.56 Å². The van der Waals surface area contributed by atoms with Crippen LogP contribution < -0.4 is 0 Å². The van der Waals surface area contributed by atoms with E-state index in [0.717, 1.165) is 5.56 Å². The molecule has 0 saturated carbocycles. The van der Waals surface area contributed by atoms with Gasteiger partial charge >= 0.3 is 5.97 Å². The molecule has 1 N–H and O–H groups in total. The first-order valence-corrected chi connectivity index (χ1v) is 9.99. The first-order valence-electron chi connectivity index (χ1n) is 8.00. The predicted octanol–water partition coefficient (Wildman–Crippen LogP) is 0.930. The summed E-state index contributed by atoms with van der Waals surface area (Å²) in [7, 11) is -1.74. The van der Waals surface area contributed by atoms with Gasteiger partial charge in [0.25, 0.3) is 0 Å². The van der Waals surface area contributed by atoms with E-state index in [-0.39, 0.29) is 24.9 Å². The Morgan fingerprint density at radius 3 is 2.92 bits per heavy atom. The Hall–Kier alpha value is -1.19. The zero-order valence-electron chi connectivity index (χ0n) is 14.1. The van der Waals surface area contributed by atoms with E-state index in [2.05, 4.69) is 0 Å². The number of aryl methyl sites for hydroxylation is 1. The lowest BCUT2D eigenvalue weighted by Gasteiger charge is -2.33. The second-order valence-corrected chi connectivity index (χ2v) is 8.66. The van der Waals surface area contributed by atoms with Gasteiger partial charge in [0, 0.05) is 24.7 Å². The van der Waals surface area contributed by atoms with Crippen LogP contribution in [0.15, 0.2) is 24.3 Å². The summed E-state index contributed by atoms with van der Waals surface area (Å²) in [5.74, 6) is -0.922. The molecule has 7 nitrogen and oxygen atoms in total. The fraction of sp³-hybridized carbons (Fsp3) is 0.562. The average Bonchev–Trinajstić information content (AvgIpc) is 2.52. The van der Waals surface area contributed by atoms with Gasteiger partial charge in [-0.3, -0.25) is 9.69 Å². The molecule has 0 spiro atoms. The molecule has 0 aromatic heterocycles. The lowest BCUT2D eigenvalue weighted by Crippen LogP contribution is -2.50. The Kier molecular flexibility index (Phi) is 7.21. The van der Waals surface area contributed by atoms with Gasteiger partial charge in [-0.2, -0.15) is 4.31 Å². The lowest BCUT2D eigenvalue weighted by atomic mass is 10.2. The molecule has 140 valence electrons. The monoisotopic (exact) mass is 390 g/mol. The minimum atomic E-state index is -3.41. The fourth-order valence-electron chi connectivity index (χ4n) is 2.77. The third-order valence-electron chi connectivity index (χ3n) is 3.95. The van der Waals surface area contributed by atoms with Crippen molar-refractivity contribution < 1.29 is 23.1 Å². The van der Waals surface area contributed by atoms with Gasteiger partial charge in [0.1, 0.15) is 0 Å². The van der Waals surface area contributed by atoms with E-state index in [9.17, 15) is 13.2 Å². The summed E-state index contributed by atoms with van der Waals surface area (Å²) < 4.78 is 32.2. The summed E-state index contributed by atoms with van der Waals surface area (Å²) in [5.41, 5.74) is 0.877. The smallest absolute Gasteiger partial charge is 0.317 e. The van der Waals surface area contributed by atoms with Gasteiger partial charge in [0.05, 0.1) is 25.0 Å². The molecule has 1 aromatic rings. The van der Waals surface area contributed by atoms with Crippen molar-refractivity contribution in [1.29, 1.82) is 0 Å². The maximum Gasteiger partial charge on any atom is 0.317 e. The number of carboxylic acid groups (broad SMARTS) is 1. The number of morpholine rings is 1. The molecule has 1 aliphatic heterocycles. The highest BCUT2D eigenvalue weighted by atomic mass is 35.5. The summed E-state index contributed by atoms with van der Waals surface area (Å²) in [6.45, 7) is 1.12. The second kappa shape index (κ2) is 8.95. The molecule has 1 heterocycles. The van der Waals surface area contributed by atoms with Crippen molar-refractivity contribution in [2.24, 2.45) is 0 Å². The molecule has 2 rings (SSSR count). The minimum absolute atomic E-state index is 0.00499. The molecule has 1 unspecified atom stereocenters. The highest BCUT2D eigenvalue weighted by Crippen LogP contribution is 2.15. The largest absolute Gasteiger partial charge is 0.480 e. The summed E-state index contributed by atoms with van der Waals surface area (Å²) in [5, 5.41) is 9.38. The van der Waals surface area contributed by atoms with Crippen molar-refractivity contribution in [3.05, 3.63) is 34.9 Å². The third-order valence-corrected chi connectivity index (χ3v) is 6.03. The van der Waals surface area contributed by atoms with E-state index in [1.807, 2.05) is 6.07 Å². The number of ether oxygens (including phenoxy) is 1. The van der Waals surface area contributed by atoms with Crippen LogP contribution in [0.4, 0.5) is 0 Å². The van der Waals surface area contributed by atoms with E-state index in [4.69, 9.17) is 21.4 Å². The molecule has 1 atom stereocenters. The number of aliphatic carboxylic acids is 1. The Morgan fingerprint density at radius 2 is 2.24 bits per heavy atom. The molecule has 9 heteroatoms. The van der Waals surface area contributed by atoms with Crippen molar-refractivity contribution in [2.45, 2.75) is 12.5 Å². The normalized spacial score (nSPS) is 19.2. The van der Waals surface area contributed by atoms with Gasteiger partial charge in [-0.15, -0.1) is 0 Å². The van der Waals surface area contributed by atoms with Crippen LogP contribution in [-0.4, -0.2) is 80.4 Å². The van der Waals surface area contributed by atoms with Crippen LogP contribution in [-0.2, 0) is 26.0 Å². The molecule has 0 aliphatic carbocycles. The fourth-order valence-corrected chi connectivity index (χ4v) is 4.48. The van der Waals surface area contributed by atoms with Gasteiger partial charge in [-0.1, -0.05) is 23.7 Å². The van der Waals surface area contributed by atoms with Crippen molar-refractivity contribution in [3.8, 4) is 0 Å². The van der Waals surface area contributed by atoms with E-state index < -0.39 is 16.0 Å². The standard InChI is InChI=1S/C16H23ClN2O5S/c1-18(12-16(20)21)10-15-11-19(6-7-24-15)25(22,23)8-5-13-3-2-4-14(17)9-13/h2-4,9,15H,5-8,10-12H2,1H3,(H,20,21). The van der Waals surface area contributed by atoms with Gasteiger partial charge < -0.3 is 9.84 Å². The van der Waals surface area contributed by atoms with Crippen LogP contribution in [0.3, 0.4) is 0 Å². The van der Waals surface area contributed by atoms with Gasteiger partial charge in [0.2, 0.25) is 10.0 Å². The zero-order valence-corrected chi connectivity index (χ0v) is 15.7. The number of carboxylic acids is 1. The zero-order chi connectivity index (χ0) is 18.4. The van der Waals surface area contributed by atoms with Crippen molar-refractivity contribution in [1.82, 2.24) is 9.21 Å². The number of carbonyl (C=O) groups is 1. The van der Waals surface area contributed by atoms with Crippen LogP contribution in [0.2, 0.25) is 5.02 Å². The quantitative estimate of drug-likeness (QED) is 0.710.